The molecule has 0 saturated carbocycles. The number of H-pyrrole nitrogens is 1. The zero-order valence-electron chi connectivity index (χ0n) is 17.6. The number of benzene rings is 2. The van der Waals surface area contributed by atoms with E-state index in [9.17, 15) is 18.0 Å². The van der Waals surface area contributed by atoms with E-state index in [1.807, 2.05) is 7.05 Å². The lowest BCUT2D eigenvalue weighted by Gasteiger charge is -2.35. The lowest BCUT2D eigenvalue weighted by molar-refractivity contribution is -0.137. The maximum absolute atomic E-state index is 13.8. The van der Waals surface area contributed by atoms with E-state index in [4.69, 9.17) is 11.6 Å². The molecule has 1 saturated heterocycles. The van der Waals surface area contributed by atoms with Gasteiger partial charge < -0.3 is 20.1 Å². The minimum atomic E-state index is -4.57. The maximum Gasteiger partial charge on any atom is 0.418 e. The van der Waals surface area contributed by atoms with Gasteiger partial charge in [-0.05, 0) is 50.4 Å². The second-order valence-corrected chi connectivity index (χ2v) is 8.44. The molecule has 0 unspecified atom stereocenters. The van der Waals surface area contributed by atoms with Crippen LogP contribution in [0.1, 0.15) is 34.7 Å². The predicted molar refractivity (Wildman–Crippen MR) is 118 cm³/mol. The highest BCUT2D eigenvalue weighted by Gasteiger charge is 2.36. The molecule has 1 fully saturated rings. The number of hydrogen-bond donors (Lipinski definition) is 2. The molecule has 1 aliphatic heterocycles. The number of likely N-dealkylation sites (N-methyl/N-ethyl adjacent to an activating group) is 1. The van der Waals surface area contributed by atoms with Crippen LogP contribution in [0.2, 0.25) is 5.02 Å². The van der Waals surface area contributed by atoms with E-state index in [1.165, 1.54) is 12.1 Å². The largest absolute Gasteiger partial charge is 0.418 e. The fourth-order valence-electron chi connectivity index (χ4n) is 3.78. The van der Waals surface area contributed by atoms with E-state index in [2.05, 4.69) is 20.2 Å². The van der Waals surface area contributed by atoms with Gasteiger partial charge in [-0.2, -0.15) is 13.2 Å². The number of anilines is 1. The van der Waals surface area contributed by atoms with Gasteiger partial charge in [-0.3, -0.25) is 4.79 Å². The van der Waals surface area contributed by atoms with Crippen molar-refractivity contribution in [2.24, 2.45) is 0 Å². The first kappa shape index (κ1) is 22.4. The van der Waals surface area contributed by atoms with E-state index in [1.54, 1.807) is 30.0 Å². The van der Waals surface area contributed by atoms with Crippen LogP contribution in [0.5, 0.6) is 0 Å². The molecule has 2 aromatic carbocycles. The molecule has 0 radical (unpaired) electrons. The molecular formula is C22H23ClF3N5O. The Morgan fingerprint density at radius 3 is 2.56 bits per heavy atom. The smallest absolute Gasteiger partial charge is 0.368 e. The summed E-state index contributed by atoms with van der Waals surface area (Å²) in [5, 5.41) is 3.26. The number of carbonyl (C=O) groups is 1. The highest BCUT2D eigenvalue weighted by atomic mass is 35.5. The second kappa shape index (κ2) is 8.63. The quantitative estimate of drug-likeness (QED) is 0.596. The first-order valence-electron chi connectivity index (χ1n) is 10.2. The number of carbonyl (C=O) groups excluding carboxylic acids is 1. The Morgan fingerprint density at radius 1 is 1.16 bits per heavy atom. The second-order valence-electron chi connectivity index (χ2n) is 8.00. The molecule has 4 rings (SSSR count). The van der Waals surface area contributed by atoms with Crippen molar-refractivity contribution >= 4 is 34.2 Å². The molecule has 0 bridgehead atoms. The average Bonchev–Trinajstić information content (AvgIpc) is 3.16. The summed E-state index contributed by atoms with van der Waals surface area (Å²) < 4.78 is 41.4. The predicted octanol–water partition coefficient (Wildman–Crippen LogP) is 4.48. The summed E-state index contributed by atoms with van der Waals surface area (Å²) in [4.78, 5) is 24.0. The van der Waals surface area contributed by atoms with Crippen LogP contribution < -0.4 is 10.2 Å². The molecule has 1 amide bonds. The fraction of sp³-hybridized carbons (Fsp3) is 0.364. The Balaban J connectivity index is 1.56. The van der Waals surface area contributed by atoms with Crippen molar-refractivity contribution in [3.63, 3.8) is 0 Å². The van der Waals surface area contributed by atoms with Gasteiger partial charge in [-0.25, -0.2) is 4.98 Å². The zero-order chi connectivity index (χ0) is 23.0. The van der Waals surface area contributed by atoms with Crippen LogP contribution in [0.3, 0.4) is 0 Å². The molecule has 2 N–H and O–H groups in total. The Labute approximate surface area is 188 Å². The van der Waals surface area contributed by atoms with Gasteiger partial charge in [0.1, 0.15) is 5.82 Å². The Hall–Kier alpha value is -2.78. The molecule has 170 valence electrons. The first-order chi connectivity index (χ1) is 15.1. The summed E-state index contributed by atoms with van der Waals surface area (Å²) >= 11 is 5.98. The summed E-state index contributed by atoms with van der Waals surface area (Å²) in [6.07, 6.45) is -4.57. The summed E-state index contributed by atoms with van der Waals surface area (Å²) in [6, 6.07) is 8.38. The van der Waals surface area contributed by atoms with Gasteiger partial charge in [-0.1, -0.05) is 11.6 Å². The van der Waals surface area contributed by atoms with Crippen molar-refractivity contribution in [1.82, 2.24) is 20.2 Å². The molecule has 0 spiro atoms. The van der Waals surface area contributed by atoms with Crippen molar-refractivity contribution in [2.45, 2.75) is 19.1 Å². The standard InChI is InChI=1S/C22H23ClF3N5O/c1-13(20-28-17-5-4-15(23)12-18(17)29-20)27-21(32)14-3-6-19(16(11-14)22(24,25)26)31-9-7-30(2)8-10-31/h3-6,11-13H,7-10H2,1-2H3,(H,27,32)(H,28,29)/t13-/m0/s1. The average molecular weight is 466 g/mol. The van der Waals surface area contributed by atoms with Crippen LogP contribution in [0.15, 0.2) is 36.4 Å². The fourth-order valence-corrected chi connectivity index (χ4v) is 3.95. The molecule has 6 nitrogen and oxygen atoms in total. The third-order valence-electron chi connectivity index (χ3n) is 5.63. The van der Waals surface area contributed by atoms with Crippen molar-refractivity contribution in [3.8, 4) is 0 Å². The van der Waals surface area contributed by atoms with Crippen LogP contribution in [-0.4, -0.2) is 54.0 Å². The number of hydrogen-bond acceptors (Lipinski definition) is 4. The Morgan fingerprint density at radius 2 is 1.88 bits per heavy atom. The normalized spacial score (nSPS) is 16.4. The molecule has 10 heteroatoms. The maximum atomic E-state index is 13.8. The first-order valence-corrected chi connectivity index (χ1v) is 10.6. The highest BCUT2D eigenvalue weighted by Crippen LogP contribution is 2.37. The number of amides is 1. The van der Waals surface area contributed by atoms with Crippen LogP contribution >= 0.6 is 11.6 Å². The minimum Gasteiger partial charge on any atom is -0.368 e. The van der Waals surface area contributed by atoms with Crippen LogP contribution in [0, 0.1) is 0 Å². The monoisotopic (exact) mass is 465 g/mol. The molecule has 2 heterocycles. The van der Waals surface area contributed by atoms with Crippen LogP contribution in [0.4, 0.5) is 18.9 Å². The van der Waals surface area contributed by atoms with Crippen LogP contribution in [0.25, 0.3) is 11.0 Å². The number of aromatic amines is 1. The summed E-state index contributed by atoms with van der Waals surface area (Å²) in [5.74, 6) is -0.118. The number of piperazine rings is 1. The SMILES string of the molecule is C[C@H](NC(=O)c1ccc(N2CCN(C)CC2)c(C(F)(F)F)c1)c1nc2ccc(Cl)cc2[nH]1. The number of alkyl halides is 3. The van der Waals surface area contributed by atoms with Gasteiger partial charge in [0.25, 0.3) is 5.91 Å². The number of aromatic nitrogens is 2. The van der Waals surface area contributed by atoms with E-state index < -0.39 is 23.7 Å². The van der Waals surface area contributed by atoms with E-state index in [0.29, 0.717) is 48.1 Å². The lowest BCUT2D eigenvalue weighted by atomic mass is 10.1. The number of fused-ring (bicyclic) bond motifs is 1. The minimum absolute atomic E-state index is 0.0544. The van der Waals surface area contributed by atoms with Gasteiger partial charge in [0.2, 0.25) is 0 Å². The third kappa shape index (κ3) is 4.68. The van der Waals surface area contributed by atoms with Gasteiger partial charge >= 0.3 is 6.18 Å². The topological polar surface area (TPSA) is 64.3 Å². The number of nitrogens with one attached hydrogen (secondary N) is 2. The molecule has 1 aliphatic rings. The van der Waals surface area contributed by atoms with Gasteiger partial charge in [0, 0.05) is 42.5 Å². The molecule has 1 aromatic heterocycles. The van der Waals surface area contributed by atoms with Crippen molar-refractivity contribution in [3.05, 3.63) is 58.4 Å². The van der Waals surface area contributed by atoms with Crippen molar-refractivity contribution < 1.29 is 18.0 Å². The third-order valence-corrected chi connectivity index (χ3v) is 5.86. The molecule has 3 aromatic rings. The van der Waals surface area contributed by atoms with E-state index in [0.717, 1.165) is 6.07 Å². The number of nitrogens with zero attached hydrogens (tertiary/aromatic N) is 3. The molecule has 32 heavy (non-hydrogen) atoms. The summed E-state index contributed by atoms with van der Waals surface area (Å²) in [5.41, 5.74) is 0.636. The number of imidazole rings is 1. The van der Waals surface area contributed by atoms with Crippen molar-refractivity contribution in [1.29, 1.82) is 0 Å². The number of halogens is 4. The zero-order valence-corrected chi connectivity index (χ0v) is 18.4. The van der Waals surface area contributed by atoms with E-state index >= 15 is 0 Å². The molecular weight excluding hydrogens is 443 g/mol. The lowest BCUT2D eigenvalue weighted by Crippen LogP contribution is -2.45. The van der Waals surface area contributed by atoms with Gasteiger partial charge in [0.15, 0.2) is 0 Å². The Kier molecular flexibility index (Phi) is 6.05. The molecule has 0 aliphatic carbocycles. The number of rotatable bonds is 4. The summed E-state index contributed by atoms with van der Waals surface area (Å²) in [7, 11) is 1.94. The Bertz CT molecular complexity index is 1140. The molecule has 1 atom stereocenters. The van der Waals surface area contributed by atoms with E-state index in [-0.39, 0.29) is 11.3 Å². The van der Waals surface area contributed by atoms with Crippen molar-refractivity contribution in [2.75, 3.05) is 38.1 Å². The highest BCUT2D eigenvalue weighted by molar-refractivity contribution is 6.31. The summed E-state index contributed by atoms with van der Waals surface area (Å²) in [6.45, 7) is 4.07. The van der Waals surface area contributed by atoms with Gasteiger partial charge in [0.05, 0.1) is 22.6 Å². The van der Waals surface area contributed by atoms with Gasteiger partial charge in [-0.15, -0.1) is 0 Å². The van der Waals surface area contributed by atoms with Crippen LogP contribution in [-0.2, 0) is 6.18 Å².